The normalized spacial score (nSPS) is 25.7. The molecule has 3 N–H and O–H groups in total. The Morgan fingerprint density at radius 1 is 1.12 bits per heavy atom. The van der Waals surface area contributed by atoms with E-state index in [1.165, 1.54) is 11.8 Å². The average molecular weight is 419 g/mol. The molecule has 13 heteroatoms. The van der Waals surface area contributed by atoms with Crippen LogP contribution in [-0.2, 0) is 32.0 Å². The molecule has 1 fully saturated rings. The first-order valence-corrected chi connectivity index (χ1v) is 10.9. The molecule has 1 aliphatic rings. The van der Waals surface area contributed by atoms with Crippen LogP contribution < -0.4 is 0 Å². The van der Waals surface area contributed by atoms with Crippen LogP contribution in [0.4, 0.5) is 0 Å². The molecule has 0 aromatic heterocycles. The number of amides is 1. The Kier molecular flexibility index (Phi) is 8.41. The number of carbonyl (C=O) groups is 1. The number of hydrogen-bond donors (Lipinski definition) is 3. The van der Waals surface area contributed by atoms with Crippen molar-refractivity contribution in [2.75, 3.05) is 26.4 Å². The number of nitrogens with zero attached hydrogens (tertiary/aromatic N) is 1. The van der Waals surface area contributed by atoms with Gasteiger partial charge < -0.3 is 19.8 Å². The Morgan fingerprint density at radius 2 is 1.65 bits per heavy atom. The number of rotatable bonds is 9. The second kappa shape index (κ2) is 9.23. The molecular weight excluding hydrogens is 392 g/mol. The summed E-state index contributed by atoms with van der Waals surface area (Å²) in [4.78, 5) is 31.9. The molecule has 1 amide bonds. The number of β-amino-alcohol motifs (C(OH)–C–C–N with tert-alkyl or cyclic N) is 1. The smallest absolute Gasteiger partial charge is 0.391 e. The summed E-state index contributed by atoms with van der Waals surface area (Å²) in [5.41, 5.74) is -0.908. The van der Waals surface area contributed by atoms with Crippen LogP contribution in [0.25, 0.3) is 0 Å². The van der Waals surface area contributed by atoms with Crippen LogP contribution in [0, 0.1) is 0 Å². The maximum Gasteiger partial charge on any atom is 0.472 e. The van der Waals surface area contributed by atoms with Gasteiger partial charge in [0.05, 0.1) is 37.6 Å². The highest BCUT2D eigenvalue weighted by molar-refractivity contribution is 7.47. The number of phosphoric acid groups is 2. The van der Waals surface area contributed by atoms with Gasteiger partial charge in [-0.1, -0.05) is 0 Å². The van der Waals surface area contributed by atoms with Crippen molar-refractivity contribution in [3.63, 3.8) is 0 Å². The van der Waals surface area contributed by atoms with Crippen molar-refractivity contribution in [3.05, 3.63) is 0 Å². The first-order chi connectivity index (χ1) is 11.7. The standard InChI is InChI=1S/C13H27NO10P2/c1-10(15)14-8-12(16)7-11(14)9-23-25(17,18)21-5-6-22-26(19,20)24-13(2,3)4/h11-12,16H,5-9H2,1-4H3,(H,17,18)(H,19,20)/t11-,12+/m0/s1. The highest BCUT2D eigenvalue weighted by Gasteiger charge is 2.35. The van der Waals surface area contributed by atoms with E-state index in [9.17, 15) is 28.8 Å². The van der Waals surface area contributed by atoms with Crippen molar-refractivity contribution >= 4 is 21.6 Å². The van der Waals surface area contributed by atoms with Gasteiger partial charge in [0.15, 0.2) is 0 Å². The highest BCUT2D eigenvalue weighted by Crippen LogP contribution is 2.48. The van der Waals surface area contributed by atoms with Crippen molar-refractivity contribution < 1.29 is 46.9 Å². The van der Waals surface area contributed by atoms with E-state index >= 15 is 0 Å². The number of aliphatic hydroxyl groups is 1. The van der Waals surface area contributed by atoms with Crippen LogP contribution in [0.5, 0.6) is 0 Å². The molecule has 1 heterocycles. The van der Waals surface area contributed by atoms with E-state index in [0.717, 1.165) is 0 Å². The van der Waals surface area contributed by atoms with Crippen LogP contribution >= 0.6 is 15.6 Å². The summed E-state index contributed by atoms with van der Waals surface area (Å²) in [6.07, 6.45) is -0.498. The minimum absolute atomic E-state index is 0.132. The third-order valence-corrected chi connectivity index (χ3v) is 5.48. The van der Waals surface area contributed by atoms with Crippen LogP contribution in [-0.4, -0.2) is 69.8 Å². The fraction of sp³-hybridized carbons (Fsp3) is 0.923. The van der Waals surface area contributed by atoms with Crippen LogP contribution in [0.15, 0.2) is 0 Å². The number of likely N-dealkylation sites (tertiary alicyclic amines) is 1. The lowest BCUT2D eigenvalue weighted by Crippen LogP contribution is -2.36. The minimum Gasteiger partial charge on any atom is -0.391 e. The van der Waals surface area contributed by atoms with E-state index in [0.29, 0.717) is 0 Å². The largest absolute Gasteiger partial charge is 0.472 e. The number of carbonyl (C=O) groups excluding carboxylic acids is 1. The summed E-state index contributed by atoms with van der Waals surface area (Å²) in [6, 6.07) is -0.541. The van der Waals surface area contributed by atoms with Gasteiger partial charge in [-0.05, 0) is 27.2 Å². The Balaban J connectivity index is 2.37. The topological polar surface area (TPSA) is 152 Å². The Bertz CT molecular complexity index is 578. The summed E-state index contributed by atoms with van der Waals surface area (Å²) in [7, 11) is -8.78. The fourth-order valence-electron chi connectivity index (χ4n) is 2.33. The quantitative estimate of drug-likeness (QED) is 0.365. The molecule has 4 atom stereocenters. The van der Waals surface area contributed by atoms with Crippen LogP contribution in [0.3, 0.4) is 0 Å². The average Bonchev–Trinajstić information content (AvgIpc) is 2.80. The lowest BCUT2D eigenvalue weighted by atomic mass is 10.2. The SMILES string of the molecule is CC(=O)N1C[C@H](O)C[C@H]1COP(=O)(O)OCCOP(=O)(O)OC(C)(C)C. The zero-order chi connectivity index (χ0) is 20.2. The number of phosphoric ester groups is 2. The van der Waals surface area contributed by atoms with Gasteiger partial charge in [-0.25, -0.2) is 9.13 Å². The molecule has 1 saturated heterocycles. The van der Waals surface area contributed by atoms with Crippen molar-refractivity contribution in [2.45, 2.75) is 51.9 Å². The summed E-state index contributed by atoms with van der Waals surface area (Å²) >= 11 is 0. The van der Waals surface area contributed by atoms with Crippen molar-refractivity contribution in [3.8, 4) is 0 Å². The summed E-state index contributed by atoms with van der Waals surface area (Å²) in [6.45, 7) is 4.89. The molecule has 0 bridgehead atoms. The van der Waals surface area contributed by atoms with Gasteiger partial charge in [-0.15, -0.1) is 0 Å². The van der Waals surface area contributed by atoms with Crippen molar-refractivity contribution in [2.24, 2.45) is 0 Å². The molecule has 0 spiro atoms. The van der Waals surface area contributed by atoms with E-state index in [1.807, 2.05) is 0 Å². The van der Waals surface area contributed by atoms with Gasteiger partial charge in [0.2, 0.25) is 5.91 Å². The van der Waals surface area contributed by atoms with E-state index in [-0.39, 0.29) is 25.5 Å². The Morgan fingerprint density at radius 3 is 2.15 bits per heavy atom. The maximum absolute atomic E-state index is 11.8. The second-order valence-electron chi connectivity index (χ2n) is 6.82. The summed E-state index contributed by atoms with van der Waals surface area (Å²) < 4.78 is 42.4. The molecule has 0 saturated carbocycles. The third kappa shape index (κ3) is 9.03. The van der Waals surface area contributed by atoms with Crippen molar-refractivity contribution in [1.82, 2.24) is 4.90 Å². The fourth-order valence-corrected chi connectivity index (χ4v) is 4.12. The first kappa shape index (κ1) is 23.7. The van der Waals surface area contributed by atoms with Gasteiger partial charge in [0.25, 0.3) is 0 Å². The van der Waals surface area contributed by atoms with E-state index in [2.05, 4.69) is 9.05 Å². The third-order valence-electron chi connectivity index (χ3n) is 3.21. The minimum atomic E-state index is -4.46. The molecule has 0 radical (unpaired) electrons. The second-order valence-corrected chi connectivity index (χ2v) is 9.65. The predicted molar refractivity (Wildman–Crippen MR) is 90.1 cm³/mol. The lowest BCUT2D eigenvalue weighted by molar-refractivity contribution is -0.130. The van der Waals surface area contributed by atoms with Gasteiger partial charge in [0, 0.05) is 13.5 Å². The van der Waals surface area contributed by atoms with Gasteiger partial charge >= 0.3 is 15.6 Å². The van der Waals surface area contributed by atoms with Crippen molar-refractivity contribution in [1.29, 1.82) is 0 Å². The zero-order valence-electron chi connectivity index (χ0n) is 15.2. The molecule has 0 aliphatic carbocycles. The molecule has 11 nitrogen and oxygen atoms in total. The Hall–Kier alpha value is -0.350. The van der Waals surface area contributed by atoms with E-state index in [1.54, 1.807) is 20.8 Å². The van der Waals surface area contributed by atoms with E-state index < -0.39 is 46.6 Å². The molecule has 154 valence electrons. The number of aliphatic hydroxyl groups excluding tert-OH is 1. The van der Waals surface area contributed by atoms with Gasteiger partial charge in [-0.3, -0.25) is 22.9 Å². The molecule has 1 rings (SSSR count). The molecule has 1 aliphatic heterocycles. The first-order valence-electron chi connectivity index (χ1n) is 7.96. The van der Waals surface area contributed by atoms with Crippen LogP contribution in [0.1, 0.15) is 34.1 Å². The molecular formula is C13H27NO10P2. The molecule has 0 aromatic carbocycles. The van der Waals surface area contributed by atoms with Crippen LogP contribution in [0.2, 0.25) is 0 Å². The maximum atomic E-state index is 11.8. The molecule has 26 heavy (non-hydrogen) atoms. The van der Waals surface area contributed by atoms with Gasteiger partial charge in [0.1, 0.15) is 0 Å². The molecule has 2 unspecified atom stereocenters. The van der Waals surface area contributed by atoms with E-state index in [4.69, 9.17) is 9.05 Å². The number of hydrogen-bond acceptors (Lipinski definition) is 8. The van der Waals surface area contributed by atoms with Gasteiger partial charge in [-0.2, -0.15) is 0 Å². The zero-order valence-corrected chi connectivity index (χ0v) is 17.0. The monoisotopic (exact) mass is 419 g/mol. The Labute approximate surface area is 152 Å². The summed E-state index contributed by atoms with van der Waals surface area (Å²) in [5.74, 6) is -0.283. The predicted octanol–water partition coefficient (Wildman–Crippen LogP) is 1.03. The lowest BCUT2D eigenvalue weighted by Gasteiger charge is -2.24. The summed E-state index contributed by atoms with van der Waals surface area (Å²) in [5, 5.41) is 9.59. The highest BCUT2D eigenvalue weighted by atomic mass is 31.2. The molecule has 0 aromatic rings.